The van der Waals surface area contributed by atoms with Crippen molar-refractivity contribution in [3.63, 3.8) is 0 Å². The summed E-state index contributed by atoms with van der Waals surface area (Å²) >= 11 is 30.4. The fraction of sp³-hybridized carbons (Fsp3) is 0.143. The van der Waals surface area contributed by atoms with Crippen LogP contribution in [0, 0.1) is 6.92 Å². The van der Waals surface area contributed by atoms with Crippen molar-refractivity contribution in [1.29, 1.82) is 0 Å². The van der Waals surface area contributed by atoms with Crippen LogP contribution in [0.4, 0.5) is 0 Å². The quantitative estimate of drug-likeness (QED) is 0.369. The summed E-state index contributed by atoms with van der Waals surface area (Å²) in [6.45, 7) is -1.01. The van der Waals surface area contributed by atoms with E-state index < -0.39 is 21.9 Å². The number of nitrogens with zero attached hydrogens (tertiary/aromatic N) is 3. The third-order valence-electron chi connectivity index (χ3n) is 2.04. The van der Waals surface area contributed by atoms with Gasteiger partial charge in [-0.05, 0) is 65.1 Å². The molecular formula is C7H7Cl5N3OP3. The molecule has 0 N–H and O–H groups in total. The molecule has 0 radical (unpaired) electrons. The topological polar surface area (TPSA) is 28.1 Å². The Bertz CT molecular complexity index is 517. The zero-order chi connectivity index (χ0) is 14.2. The van der Waals surface area contributed by atoms with Crippen LogP contribution < -0.4 is 4.52 Å². The van der Waals surface area contributed by atoms with Gasteiger partial charge >= 0.3 is 6.78 Å². The van der Waals surface area contributed by atoms with E-state index >= 15 is 0 Å². The molecule has 0 amide bonds. The summed E-state index contributed by atoms with van der Waals surface area (Å²) in [6, 6.07) is 7.34. The first-order chi connectivity index (χ1) is 8.83. The van der Waals surface area contributed by atoms with E-state index in [2.05, 4.69) is 4.52 Å². The second kappa shape index (κ2) is 6.71. The summed E-state index contributed by atoms with van der Waals surface area (Å²) in [7, 11) is -3.13. The molecule has 0 spiro atoms. The second-order valence-corrected chi connectivity index (χ2v) is 13.2. The third kappa shape index (κ3) is 3.82. The van der Waals surface area contributed by atoms with Gasteiger partial charge in [-0.2, -0.15) is 4.52 Å². The summed E-state index contributed by atoms with van der Waals surface area (Å²) in [5.41, 5.74) is 1.10. The fourth-order valence-corrected chi connectivity index (χ4v) is 12.3. The predicted octanol–water partition coefficient (Wildman–Crippen LogP) is 7.42. The number of hydrogen-bond acceptors (Lipinski definition) is 4. The molecule has 2 rings (SSSR count). The van der Waals surface area contributed by atoms with Gasteiger partial charge in [-0.1, -0.05) is 32.9 Å². The first-order valence-electron chi connectivity index (χ1n) is 4.75. The minimum Gasteiger partial charge on any atom is -0.435 e. The first-order valence-corrected chi connectivity index (χ1v) is 12.3. The maximum Gasteiger partial charge on any atom is 0.322 e. The summed E-state index contributed by atoms with van der Waals surface area (Å²) in [4.78, 5) is 0. The molecule has 1 heterocycles. The van der Waals surface area contributed by atoms with Crippen molar-refractivity contribution in [3.05, 3.63) is 29.8 Å². The lowest BCUT2D eigenvalue weighted by molar-refractivity contribution is 0.597. The second-order valence-electron chi connectivity index (χ2n) is 3.43. The molecular weight excluding hydrogens is 412 g/mol. The summed E-state index contributed by atoms with van der Waals surface area (Å²) in [5.74, 6) is 0.548. The third-order valence-corrected chi connectivity index (χ3v) is 14.8. The van der Waals surface area contributed by atoms with E-state index in [4.69, 9.17) is 61.8 Å². The van der Waals surface area contributed by atoms with Crippen molar-refractivity contribution in [3.8, 4) is 5.75 Å². The van der Waals surface area contributed by atoms with Crippen molar-refractivity contribution in [1.82, 2.24) is 7.92 Å². The van der Waals surface area contributed by atoms with Gasteiger partial charge in [0.05, 0.1) is 0 Å². The average molecular weight is 419 g/mol. The van der Waals surface area contributed by atoms with Crippen LogP contribution >= 0.6 is 79.2 Å². The van der Waals surface area contributed by atoms with Crippen molar-refractivity contribution < 1.29 is 4.52 Å². The van der Waals surface area contributed by atoms with Crippen molar-refractivity contribution in [2.45, 2.75) is 6.92 Å². The smallest absolute Gasteiger partial charge is 0.322 e. The molecule has 0 aliphatic carbocycles. The van der Waals surface area contributed by atoms with E-state index in [1.54, 1.807) is 12.1 Å². The van der Waals surface area contributed by atoms with E-state index in [-0.39, 0.29) is 0 Å². The van der Waals surface area contributed by atoms with E-state index in [0.29, 0.717) is 5.75 Å². The molecule has 0 saturated carbocycles. The Morgan fingerprint density at radius 1 is 1.21 bits per heavy atom. The van der Waals surface area contributed by atoms with Gasteiger partial charge in [0.2, 0.25) is 7.58 Å². The fourth-order valence-electron chi connectivity index (χ4n) is 1.16. The molecule has 0 saturated heterocycles. The van der Waals surface area contributed by atoms with E-state index in [9.17, 15) is 0 Å². The van der Waals surface area contributed by atoms with E-state index in [1.165, 1.54) is 3.96 Å². The van der Waals surface area contributed by atoms with Crippen molar-refractivity contribution >= 4 is 79.2 Å². The van der Waals surface area contributed by atoms with Gasteiger partial charge in [-0.15, -0.1) is 3.96 Å². The van der Waals surface area contributed by atoms with Crippen LogP contribution in [0.3, 0.4) is 0 Å². The maximum atomic E-state index is 6.35. The summed E-state index contributed by atoms with van der Waals surface area (Å²) in [5, 5.41) is 0. The SMILES string of the molecule is Cc1ccc(OP2(Cl)=NP(Cl)N(Cl)P(Cl)N2Cl)cc1. The molecule has 106 valence electrons. The van der Waals surface area contributed by atoms with Gasteiger partial charge in [-0.3, -0.25) is 0 Å². The highest BCUT2D eigenvalue weighted by Gasteiger charge is 2.45. The Kier molecular flexibility index (Phi) is 5.95. The lowest BCUT2D eigenvalue weighted by Gasteiger charge is -2.36. The van der Waals surface area contributed by atoms with Gasteiger partial charge in [-0.25, -0.2) is 0 Å². The maximum absolute atomic E-state index is 6.35. The lowest BCUT2D eigenvalue weighted by Crippen LogP contribution is -2.11. The number of benzene rings is 1. The number of rotatable bonds is 2. The van der Waals surface area contributed by atoms with Gasteiger partial charge in [0.25, 0.3) is 0 Å². The largest absolute Gasteiger partial charge is 0.435 e. The molecule has 1 aromatic carbocycles. The van der Waals surface area contributed by atoms with Crippen LogP contribution in [0.2, 0.25) is 0 Å². The van der Waals surface area contributed by atoms with Gasteiger partial charge in [0.1, 0.15) is 5.75 Å². The van der Waals surface area contributed by atoms with Crippen LogP contribution in [0.25, 0.3) is 0 Å². The minimum absolute atomic E-state index is 0.548. The highest BCUT2D eigenvalue weighted by atomic mass is 35.7. The van der Waals surface area contributed by atoms with Crippen LogP contribution in [-0.2, 0) is 0 Å². The Morgan fingerprint density at radius 3 is 2.37 bits per heavy atom. The Morgan fingerprint density at radius 2 is 1.79 bits per heavy atom. The van der Waals surface area contributed by atoms with Gasteiger partial charge in [0, 0.05) is 0 Å². The predicted molar refractivity (Wildman–Crippen MR) is 87.9 cm³/mol. The summed E-state index contributed by atoms with van der Waals surface area (Å²) in [6.07, 6.45) is 0. The van der Waals surface area contributed by atoms with E-state index in [1.807, 2.05) is 19.1 Å². The first kappa shape index (κ1) is 16.8. The Balaban J connectivity index is 2.31. The molecule has 0 bridgehead atoms. The molecule has 1 aliphatic rings. The molecule has 12 heteroatoms. The molecule has 3 atom stereocenters. The molecule has 0 fully saturated rings. The number of halogens is 5. The highest BCUT2D eigenvalue weighted by molar-refractivity contribution is 8.07. The summed E-state index contributed by atoms with van der Waals surface area (Å²) < 4.78 is 12.1. The van der Waals surface area contributed by atoms with Crippen LogP contribution in [0.15, 0.2) is 28.8 Å². The Hall–Kier alpha value is 1.48. The zero-order valence-electron chi connectivity index (χ0n) is 9.29. The van der Waals surface area contributed by atoms with Gasteiger partial charge < -0.3 is 4.52 Å². The minimum atomic E-state index is -2.98. The normalized spacial score (nSPS) is 32.9. The average Bonchev–Trinajstić information content (AvgIpc) is 2.37. The molecule has 19 heavy (non-hydrogen) atoms. The Labute approximate surface area is 138 Å². The molecule has 1 aliphatic heterocycles. The number of hydrogen-bond donors (Lipinski definition) is 0. The zero-order valence-corrected chi connectivity index (χ0v) is 15.8. The number of aryl methyl sites for hydroxylation is 1. The van der Waals surface area contributed by atoms with Crippen molar-refractivity contribution in [2.24, 2.45) is 4.52 Å². The van der Waals surface area contributed by atoms with Gasteiger partial charge in [0.15, 0.2) is 7.58 Å². The molecule has 1 aromatic rings. The monoisotopic (exact) mass is 417 g/mol. The standard InChI is InChI=1S/C7H7Cl5N3OP3/c1-6-2-4-7(5-3-6)16-19(12)13-17(10)14(8)18(11)15(19)9/h2-5H,1H3. The highest BCUT2D eigenvalue weighted by Crippen LogP contribution is 2.83. The van der Waals surface area contributed by atoms with Crippen molar-refractivity contribution in [2.75, 3.05) is 0 Å². The lowest BCUT2D eigenvalue weighted by atomic mass is 10.2. The molecule has 4 nitrogen and oxygen atoms in total. The van der Waals surface area contributed by atoms with Crippen LogP contribution in [-0.4, -0.2) is 7.92 Å². The van der Waals surface area contributed by atoms with E-state index in [0.717, 1.165) is 9.52 Å². The molecule has 0 aromatic heterocycles. The van der Waals surface area contributed by atoms with Crippen LogP contribution in [0.5, 0.6) is 5.75 Å². The van der Waals surface area contributed by atoms with Crippen LogP contribution in [0.1, 0.15) is 5.56 Å². The molecule has 3 unspecified atom stereocenters.